The van der Waals surface area contributed by atoms with Crippen molar-refractivity contribution >= 4 is 46.3 Å². The third kappa shape index (κ3) is 2.81. The van der Waals surface area contributed by atoms with Crippen LogP contribution in [0.3, 0.4) is 0 Å². The van der Waals surface area contributed by atoms with E-state index in [9.17, 15) is 9.59 Å². The summed E-state index contributed by atoms with van der Waals surface area (Å²) in [5.74, 6) is -0.637. The van der Waals surface area contributed by atoms with Crippen LogP contribution in [0.25, 0.3) is 17.6 Å². The largest absolute Gasteiger partial charge is 0.480 e. The highest BCUT2D eigenvalue weighted by molar-refractivity contribution is 8.26. The first-order valence-corrected chi connectivity index (χ1v) is 7.25. The van der Waals surface area contributed by atoms with Crippen molar-refractivity contribution in [3.63, 3.8) is 0 Å². The Morgan fingerprint density at radius 3 is 3.00 bits per heavy atom. The van der Waals surface area contributed by atoms with E-state index in [4.69, 9.17) is 26.3 Å². The number of furan rings is 1. The van der Waals surface area contributed by atoms with Gasteiger partial charge in [-0.25, -0.2) is 0 Å². The predicted octanol–water partition coefficient (Wildman–Crippen LogP) is 2.22. The number of hydrogen-bond acceptors (Lipinski definition) is 7. The third-order valence-corrected chi connectivity index (χ3v) is 4.12. The van der Waals surface area contributed by atoms with E-state index in [1.807, 2.05) is 0 Å². The zero-order valence-electron chi connectivity index (χ0n) is 10.9. The zero-order valence-corrected chi connectivity index (χ0v) is 12.5. The minimum atomic E-state index is -1.13. The molecule has 1 aliphatic heterocycles. The van der Waals surface area contributed by atoms with E-state index in [0.717, 1.165) is 16.7 Å². The first-order chi connectivity index (χ1) is 10.5. The molecule has 9 heteroatoms. The lowest BCUT2D eigenvalue weighted by atomic mass is 10.3. The van der Waals surface area contributed by atoms with Crippen LogP contribution >= 0.6 is 24.0 Å². The Morgan fingerprint density at radius 1 is 1.50 bits per heavy atom. The van der Waals surface area contributed by atoms with Crippen molar-refractivity contribution in [2.45, 2.75) is 0 Å². The molecule has 0 saturated carbocycles. The summed E-state index contributed by atoms with van der Waals surface area (Å²) in [6, 6.07) is 5.05. The zero-order chi connectivity index (χ0) is 15.7. The highest BCUT2D eigenvalue weighted by Gasteiger charge is 2.33. The van der Waals surface area contributed by atoms with E-state index in [1.54, 1.807) is 18.2 Å². The maximum Gasteiger partial charge on any atom is 0.323 e. The van der Waals surface area contributed by atoms with Gasteiger partial charge in [-0.2, -0.15) is 0 Å². The molecule has 0 radical (unpaired) electrons. The molecule has 2 aromatic rings. The lowest BCUT2D eigenvalue weighted by Crippen LogP contribution is -2.33. The average Bonchev–Trinajstić information content (AvgIpc) is 3.17. The number of thioether (sulfide) groups is 1. The maximum atomic E-state index is 12.1. The van der Waals surface area contributed by atoms with Gasteiger partial charge in [-0.3, -0.25) is 14.5 Å². The number of thiocarbonyl (C=S) groups is 1. The number of aliphatic carboxylic acids is 1. The first kappa shape index (κ1) is 14.5. The molecule has 1 N–H and O–H groups in total. The van der Waals surface area contributed by atoms with Crippen molar-refractivity contribution in [2.24, 2.45) is 0 Å². The van der Waals surface area contributed by atoms with Gasteiger partial charge >= 0.3 is 5.97 Å². The fraction of sp³-hybridized carbons (Fsp3) is 0.0769. The summed E-state index contributed by atoms with van der Waals surface area (Å²) in [5.41, 5.74) is 0.419. The Labute approximate surface area is 133 Å². The molecule has 3 heterocycles. The lowest BCUT2D eigenvalue weighted by Gasteiger charge is -2.09. The van der Waals surface area contributed by atoms with Crippen LogP contribution in [0, 0.1) is 0 Å². The van der Waals surface area contributed by atoms with Crippen LogP contribution in [0.1, 0.15) is 5.69 Å². The van der Waals surface area contributed by atoms with Gasteiger partial charge in [0.1, 0.15) is 16.6 Å². The van der Waals surface area contributed by atoms with Gasteiger partial charge in [0.2, 0.25) is 5.76 Å². The normalized spacial score (nSPS) is 16.7. The molecule has 1 saturated heterocycles. The maximum absolute atomic E-state index is 12.1. The molecule has 22 heavy (non-hydrogen) atoms. The molecule has 0 aliphatic carbocycles. The van der Waals surface area contributed by atoms with Crippen molar-refractivity contribution in [1.82, 2.24) is 10.1 Å². The summed E-state index contributed by atoms with van der Waals surface area (Å²) in [6.45, 7) is -0.460. The molecule has 2 aromatic heterocycles. The number of hydrogen-bond donors (Lipinski definition) is 1. The highest BCUT2D eigenvalue weighted by Crippen LogP contribution is 2.32. The van der Waals surface area contributed by atoms with E-state index < -0.39 is 18.4 Å². The van der Waals surface area contributed by atoms with Gasteiger partial charge < -0.3 is 14.0 Å². The van der Waals surface area contributed by atoms with Gasteiger partial charge in [0.25, 0.3) is 5.91 Å². The molecule has 0 unspecified atom stereocenters. The van der Waals surface area contributed by atoms with Gasteiger partial charge in [0, 0.05) is 6.07 Å². The molecular formula is C13H8N2O5S2. The van der Waals surface area contributed by atoms with E-state index in [1.165, 1.54) is 12.3 Å². The molecule has 0 spiro atoms. The predicted molar refractivity (Wildman–Crippen MR) is 81.7 cm³/mol. The van der Waals surface area contributed by atoms with Crippen molar-refractivity contribution < 1.29 is 23.6 Å². The van der Waals surface area contributed by atoms with E-state index in [2.05, 4.69) is 5.16 Å². The molecule has 0 bridgehead atoms. The molecule has 3 rings (SSSR count). The minimum Gasteiger partial charge on any atom is -0.480 e. The van der Waals surface area contributed by atoms with Crippen LogP contribution in [0.2, 0.25) is 0 Å². The van der Waals surface area contributed by atoms with Crippen LogP contribution in [0.15, 0.2) is 38.3 Å². The number of carboxylic acids is 1. The fourth-order valence-corrected chi connectivity index (χ4v) is 3.04. The number of rotatable bonds is 4. The quantitative estimate of drug-likeness (QED) is 0.670. The molecule has 0 atom stereocenters. The minimum absolute atomic E-state index is 0.202. The number of carboxylic acid groups (broad SMARTS) is 1. The number of carbonyl (C=O) groups excluding carboxylic acids is 1. The summed E-state index contributed by atoms with van der Waals surface area (Å²) in [4.78, 5) is 24.2. The standard InChI is InChI=1S/C13H8N2O5S2/c16-11(17)6-15-12(18)10(22-13(15)21)5-7-4-9(20-14-7)8-2-1-3-19-8/h1-5H,6H2,(H,16,17)/b10-5-. The molecule has 1 fully saturated rings. The van der Waals surface area contributed by atoms with Gasteiger partial charge in [0.15, 0.2) is 5.76 Å². The number of aromatic nitrogens is 1. The molecule has 112 valence electrons. The number of nitrogens with zero attached hydrogens (tertiary/aromatic N) is 2. The Balaban J connectivity index is 1.82. The smallest absolute Gasteiger partial charge is 0.323 e. The highest BCUT2D eigenvalue weighted by atomic mass is 32.2. The fourth-order valence-electron chi connectivity index (χ4n) is 1.80. The molecule has 0 aromatic carbocycles. The van der Waals surface area contributed by atoms with Crippen molar-refractivity contribution in [3.8, 4) is 11.5 Å². The van der Waals surface area contributed by atoms with Gasteiger partial charge in [-0.15, -0.1) is 0 Å². The Bertz CT molecular complexity index is 778. The lowest BCUT2D eigenvalue weighted by molar-refractivity contribution is -0.140. The topological polar surface area (TPSA) is 96.8 Å². The van der Waals surface area contributed by atoms with Gasteiger partial charge in [0.05, 0.1) is 11.2 Å². The van der Waals surface area contributed by atoms with Gasteiger partial charge in [-0.05, 0) is 18.2 Å². The summed E-state index contributed by atoms with van der Waals surface area (Å²) < 4.78 is 10.5. The second-order valence-corrected chi connectivity index (χ2v) is 5.93. The Hall–Kier alpha value is -2.39. The Kier molecular flexibility index (Phi) is 3.82. The van der Waals surface area contributed by atoms with Crippen LogP contribution < -0.4 is 0 Å². The number of carbonyl (C=O) groups is 2. The average molecular weight is 336 g/mol. The van der Waals surface area contributed by atoms with E-state index >= 15 is 0 Å². The van der Waals surface area contributed by atoms with Crippen LogP contribution in [0.4, 0.5) is 0 Å². The Morgan fingerprint density at radius 2 is 2.32 bits per heavy atom. The van der Waals surface area contributed by atoms with Crippen molar-refractivity contribution in [2.75, 3.05) is 6.54 Å². The summed E-state index contributed by atoms with van der Waals surface area (Å²) >= 11 is 6.03. The van der Waals surface area contributed by atoms with E-state index in [-0.39, 0.29) is 4.32 Å². The second-order valence-electron chi connectivity index (χ2n) is 4.25. The third-order valence-electron chi connectivity index (χ3n) is 2.74. The molecular weight excluding hydrogens is 328 g/mol. The summed E-state index contributed by atoms with van der Waals surface area (Å²) in [7, 11) is 0. The molecule has 1 amide bonds. The first-order valence-electron chi connectivity index (χ1n) is 6.02. The van der Waals surface area contributed by atoms with Crippen molar-refractivity contribution in [1.29, 1.82) is 0 Å². The second kappa shape index (κ2) is 5.78. The number of amides is 1. The molecule has 7 nitrogen and oxygen atoms in total. The summed E-state index contributed by atoms with van der Waals surface area (Å²) in [5, 5.41) is 12.6. The van der Waals surface area contributed by atoms with Crippen LogP contribution in [0.5, 0.6) is 0 Å². The van der Waals surface area contributed by atoms with Crippen molar-refractivity contribution in [3.05, 3.63) is 35.1 Å². The van der Waals surface area contributed by atoms with Gasteiger partial charge in [-0.1, -0.05) is 29.1 Å². The van der Waals surface area contributed by atoms with E-state index in [0.29, 0.717) is 22.1 Å². The van der Waals surface area contributed by atoms with Crippen LogP contribution in [-0.4, -0.2) is 37.9 Å². The summed E-state index contributed by atoms with van der Waals surface area (Å²) in [6.07, 6.45) is 3.01. The monoisotopic (exact) mass is 336 g/mol. The SMILES string of the molecule is O=C(O)CN1C(=O)/C(=C/c2cc(-c3ccco3)on2)SC1=S. The molecule has 1 aliphatic rings. The van der Waals surface area contributed by atoms with Crippen LogP contribution in [-0.2, 0) is 9.59 Å².